The molecule has 1 aromatic rings. The molecule has 1 N–H and O–H groups in total. The third kappa shape index (κ3) is 2.60. The lowest BCUT2D eigenvalue weighted by atomic mass is 10.1. The van der Waals surface area contributed by atoms with Crippen LogP contribution < -0.4 is 10.1 Å². The highest BCUT2D eigenvalue weighted by atomic mass is 16.5. The zero-order chi connectivity index (χ0) is 10.5. The fourth-order valence-corrected chi connectivity index (χ4v) is 1.94. The van der Waals surface area contributed by atoms with Gasteiger partial charge in [-0.2, -0.15) is 0 Å². The fraction of sp³-hybridized carbons (Fsp3) is 0.385. The first-order valence-electron chi connectivity index (χ1n) is 5.48. The van der Waals surface area contributed by atoms with Gasteiger partial charge in [-0.1, -0.05) is 24.8 Å². The van der Waals surface area contributed by atoms with Crippen molar-refractivity contribution < 1.29 is 4.74 Å². The normalized spacial score (nSPS) is 22.3. The van der Waals surface area contributed by atoms with E-state index in [9.17, 15) is 0 Å². The van der Waals surface area contributed by atoms with Crippen molar-refractivity contribution in [3.05, 3.63) is 43.0 Å². The molecular weight excluding hydrogens is 186 g/mol. The first-order chi connectivity index (χ1) is 7.40. The van der Waals surface area contributed by atoms with E-state index >= 15 is 0 Å². The minimum absolute atomic E-state index is 0.0786. The van der Waals surface area contributed by atoms with E-state index in [0.717, 1.165) is 12.3 Å². The van der Waals surface area contributed by atoms with E-state index in [4.69, 9.17) is 4.74 Å². The molecule has 1 aliphatic heterocycles. The summed E-state index contributed by atoms with van der Waals surface area (Å²) in [5.41, 5.74) is 0. The Bertz CT molecular complexity index is 304. The zero-order valence-electron chi connectivity index (χ0n) is 8.86. The average Bonchev–Trinajstić information content (AvgIpc) is 2.81. The molecule has 0 saturated carbocycles. The molecule has 80 valence electrons. The molecule has 0 radical (unpaired) electrons. The molecular formula is C13H17NO. The minimum atomic E-state index is 0.0786. The summed E-state index contributed by atoms with van der Waals surface area (Å²) in [6, 6.07) is 10.3. The summed E-state index contributed by atoms with van der Waals surface area (Å²) in [4.78, 5) is 0. The summed E-state index contributed by atoms with van der Waals surface area (Å²) in [5.74, 6) is 0.913. The molecule has 1 heterocycles. The van der Waals surface area contributed by atoms with Crippen LogP contribution in [0, 0.1) is 0 Å². The average molecular weight is 203 g/mol. The summed E-state index contributed by atoms with van der Waals surface area (Å²) < 4.78 is 5.87. The van der Waals surface area contributed by atoms with E-state index in [1.807, 2.05) is 36.4 Å². The summed E-state index contributed by atoms with van der Waals surface area (Å²) >= 11 is 0. The van der Waals surface area contributed by atoms with Gasteiger partial charge < -0.3 is 10.1 Å². The van der Waals surface area contributed by atoms with Gasteiger partial charge >= 0.3 is 0 Å². The van der Waals surface area contributed by atoms with Crippen molar-refractivity contribution in [2.24, 2.45) is 0 Å². The Morgan fingerprint density at radius 2 is 2.20 bits per heavy atom. The van der Waals surface area contributed by atoms with Crippen molar-refractivity contribution in [3.63, 3.8) is 0 Å². The van der Waals surface area contributed by atoms with Crippen molar-refractivity contribution in [1.29, 1.82) is 0 Å². The molecule has 1 saturated heterocycles. The Morgan fingerprint density at radius 3 is 2.80 bits per heavy atom. The molecule has 0 amide bonds. The second-order valence-corrected chi connectivity index (χ2v) is 3.83. The number of rotatable bonds is 4. The summed E-state index contributed by atoms with van der Waals surface area (Å²) in [5, 5.41) is 3.43. The Labute approximate surface area is 91.0 Å². The number of benzene rings is 1. The minimum Gasteiger partial charge on any atom is -0.485 e. The fourth-order valence-electron chi connectivity index (χ4n) is 1.94. The third-order valence-electron chi connectivity index (χ3n) is 2.74. The molecule has 0 spiro atoms. The number of nitrogens with one attached hydrogen (secondary N) is 1. The lowest BCUT2D eigenvalue weighted by Gasteiger charge is -2.21. The van der Waals surface area contributed by atoms with E-state index in [-0.39, 0.29) is 6.10 Å². The van der Waals surface area contributed by atoms with Gasteiger partial charge in [0.1, 0.15) is 11.9 Å². The third-order valence-corrected chi connectivity index (χ3v) is 2.74. The number of hydrogen-bond acceptors (Lipinski definition) is 2. The molecule has 0 bridgehead atoms. The largest absolute Gasteiger partial charge is 0.485 e. The van der Waals surface area contributed by atoms with E-state index in [0.29, 0.717) is 6.04 Å². The monoisotopic (exact) mass is 203 g/mol. The standard InChI is InChI=1S/C13H17NO/c1-2-13(12-9-6-10-14-12)15-11-7-4-3-5-8-11/h2-5,7-8,12-14H,1,6,9-10H2. The van der Waals surface area contributed by atoms with Gasteiger partial charge in [-0.15, -0.1) is 0 Å². The lowest BCUT2D eigenvalue weighted by Crippen LogP contribution is -2.37. The van der Waals surface area contributed by atoms with Crippen molar-refractivity contribution in [2.45, 2.75) is 25.0 Å². The quantitative estimate of drug-likeness (QED) is 0.758. The van der Waals surface area contributed by atoms with Crippen LogP contribution in [0.1, 0.15) is 12.8 Å². The van der Waals surface area contributed by atoms with Gasteiger partial charge in [0.05, 0.1) is 0 Å². The number of ether oxygens (including phenoxy) is 1. The van der Waals surface area contributed by atoms with Crippen LogP contribution in [0.4, 0.5) is 0 Å². The SMILES string of the molecule is C=CC(Oc1ccccc1)C1CCCN1. The first-order valence-corrected chi connectivity index (χ1v) is 5.48. The van der Waals surface area contributed by atoms with Gasteiger partial charge in [0.2, 0.25) is 0 Å². The molecule has 2 nitrogen and oxygen atoms in total. The van der Waals surface area contributed by atoms with Gasteiger partial charge in [0.15, 0.2) is 0 Å². The summed E-state index contributed by atoms with van der Waals surface area (Å²) in [6.45, 7) is 4.93. The van der Waals surface area contributed by atoms with Gasteiger partial charge in [0.25, 0.3) is 0 Å². The van der Waals surface area contributed by atoms with Gasteiger partial charge in [-0.25, -0.2) is 0 Å². The van der Waals surface area contributed by atoms with Gasteiger partial charge in [0, 0.05) is 6.04 Å². The van der Waals surface area contributed by atoms with Crippen molar-refractivity contribution >= 4 is 0 Å². The van der Waals surface area contributed by atoms with Crippen LogP contribution in [0.5, 0.6) is 5.75 Å². The predicted molar refractivity (Wildman–Crippen MR) is 62.1 cm³/mol. The maximum Gasteiger partial charge on any atom is 0.132 e. The van der Waals surface area contributed by atoms with Crippen LogP contribution in [0.25, 0.3) is 0 Å². The topological polar surface area (TPSA) is 21.3 Å². The van der Waals surface area contributed by atoms with Crippen LogP contribution in [-0.4, -0.2) is 18.7 Å². The van der Waals surface area contributed by atoms with E-state index in [1.165, 1.54) is 12.8 Å². The number of hydrogen-bond donors (Lipinski definition) is 1. The molecule has 1 aliphatic rings. The lowest BCUT2D eigenvalue weighted by molar-refractivity contribution is 0.207. The highest BCUT2D eigenvalue weighted by molar-refractivity contribution is 5.22. The Balaban J connectivity index is 1.99. The molecule has 2 rings (SSSR count). The number of para-hydroxylation sites is 1. The van der Waals surface area contributed by atoms with Crippen LogP contribution in [-0.2, 0) is 0 Å². The molecule has 2 heteroatoms. The van der Waals surface area contributed by atoms with Crippen molar-refractivity contribution in [2.75, 3.05) is 6.54 Å². The van der Waals surface area contributed by atoms with E-state index in [1.54, 1.807) is 0 Å². The summed E-state index contributed by atoms with van der Waals surface area (Å²) in [6.07, 6.45) is 4.36. The first kappa shape index (κ1) is 10.2. The maximum absolute atomic E-state index is 5.87. The van der Waals surface area contributed by atoms with Crippen molar-refractivity contribution in [1.82, 2.24) is 5.32 Å². The Kier molecular flexibility index (Phi) is 3.41. The molecule has 2 unspecified atom stereocenters. The predicted octanol–water partition coefficient (Wildman–Crippen LogP) is 2.37. The van der Waals surface area contributed by atoms with Crippen LogP contribution in [0.2, 0.25) is 0 Å². The van der Waals surface area contributed by atoms with Gasteiger partial charge in [-0.3, -0.25) is 0 Å². The van der Waals surface area contributed by atoms with E-state index < -0.39 is 0 Å². The molecule has 1 fully saturated rings. The van der Waals surface area contributed by atoms with Crippen LogP contribution in [0.3, 0.4) is 0 Å². The van der Waals surface area contributed by atoms with Crippen LogP contribution >= 0.6 is 0 Å². The second-order valence-electron chi connectivity index (χ2n) is 3.83. The smallest absolute Gasteiger partial charge is 0.132 e. The van der Waals surface area contributed by atoms with Crippen LogP contribution in [0.15, 0.2) is 43.0 Å². The highest BCUT2D eigenvalue weighted by Gasteiger charge is 2.23. The van der Waals surface area contributed by atoms with E-state index in [2.05, 4.69) is 11.9 Å². The molecule has 2 atom stereocenters. The zero-order valence-corrected chi connectivity index (χ0v) is 8.86. The van der Waals surface area contributed by atoms with Gasteiger partial charge in [-0.05, 0) is 37.6 Å². The molecule has 1 aromatic carbocycles. The molecule has 0 aromatic heterocycles. The Hall–Kier alpha value is -1.28. The Morgan fingerprint density at radius 1 is 1.40 bits per heavy atom. The van der Waals surface area contributed by atoms with Crippen molar-refractivity contribution in [3.8, 4) is 5.75 Å². The maximum atomic E-state index is 5.87. The second kappa shape index (κ2) is 4.99. The molecule has 15 heavy (non-hydrogen) atoms. The summed E-state index contributed by atoms with van der Waals surface area (Å²) in [7, 11) is 0. The molecule has 0 aliphatic carbocycles. The highest BCUT2D eigenvalue weighted by Crippen LogP contribution is 2.17.